The molecule has 9 nitrogen and oxygen atoms in total. The number of rotatable bonds is 7. The van der Waals surface area contributed by atoms with E-state index in [1.54, 1.807) is 13.8 Å². The van der Waals surface area contributed by atoms with E-state index in [0.717, 1.165) is 4.41 Å². The summed E-state index contributed by atoms with van der Waals surface area (Å²) in [5.41, 5.74) is 0.781. The van der Waals surface area contributed by atoms with E-state index in [2.05, 4.69) is 10.4 Å². The van der Waals surface area contributed by atoms with Crippen LogP contribution in [-0.2, 0) is 19.9 Å². The van der Waals surface area contributed by atoms with E-state index in [0.29, 0.717) is 17.1 Å². The van der Waals surface area contributed by atoms with E-state index in [4.69, 9.17) is 4.74 Å². The van der Waals surface area contributed by atoms with E-state index < -0.39 is 32.1 Å². The van der Waals surface area contributed by atoms with Crippen molar-refractivity contribution < 1.29 is 26.7 Å². The Kier molecular flexibility index (Phi) is 6.38. The van der Waals surface area contributed by atoms with Gasteiger partial charge in [-0.15, -0.1) is 0 Å². The molecule has 11 heteroatoms. The van der Waals surface area contributed by atoms with Gasteiger partial charge in [-0.1, -0.05) is 0 Å². The van der Waals surface area contributed by atoms with Crippen LogP contribution in [0.15, 0.2) is 28.2 Å². The Morgan fingerprint density at radius 3 is 2.56 bits per heavy atom. The van der Waals surface area contributed by atoms with Crippen molar-refractivity contribution in [1.29, 1.82) is 0 Å². The fourth-order valence-corrected chi connectivity index (χ4v) is 6.12. The molecular formula is C16H25N3O6S2. The zero-order valence-corrected chi connectivity index (χ0v) is 17.3. The predicted molar refractivity (Wildman–Crippen MR) is 103 cm³/mol. The van der Waals surface area contributed by atoms with Gasteiger partial charge in [0.25, 0.3) is 10.0 Å². The second-order valence-corrected chi connectivity index (χ2v) is 10.6. The molecule has 152 valence electrons. The molecule has 0 spiro atoms. The maximum Gasteiger partial charge on any atom is 0.279 e. The molecule has 0 aromatic heterocycles. The van der Waals surface area contributed by atoms with Crippen LogP contribution in [-0.4, -0.2) is 63.0 Å². The summed E-state index contributed by atoms with van der Waals surface area (Å²) in [5.74, 6) is 0.0252. The Labute approximate surface area is 160 Å². The van der Waals surface area contributed by atoms with Gasteiger partial charge in [-0.05, 0) is 45.4 Å². The van der Waals surface area contributed by atoms with Gasteiger partial charge in [0, 0.05) is 5.71 Å². The fourth-order valence-electron chi connectivity index (χ4n) is 2.77. The maximum absolute atomic E-state index is 13.2. The normalized spacial score (nSPS) is 20.0. The topological polar surface area (TPSA) is 125 Å². The van der Waals surface area contributed by atoms with Gasteiger partial charge >= 0.3 is 0 Å². The van der Waals surface area contributed by atoms with E-state index in [1.807, 2.05) is 0 Å². The molecular weight excluding hydrogens is 394 g/mol. The van der Waals surface area contributed by atoms with Crippen LogP contribution in [0.2, 0.25) is 0 Å². The number of benzene rings is 1. The summed E-state index contributed by atoms with van der Waals surface area (Å²) in [6, 6.07) is 3.39. The minimum atomic E-state index is -4.11. The first-order valence-corrected chi connectivity index (χ1v) is 11.6. The Hall–Kier alpha value is -1.85. The highest BCUT2D eigenvalue weighted by molar-refractivity contribution is 7.92. The monoisotopic (exact) mass is 419 g/mol. The molecule has 0 bridgehead atoms. The number of hydrogen-bond acceptors (Lipinski definition) is 8. The third-order valence-corrected chi connectivity index (χ3v) is 7.37. The van der Waals surface area contributed by atoms with Crippen LogP contribution >= 0.6 is 0 Å². The van der Waals surface area contributed by atoms with E-state index >= 15 is 0 Å². The molecule has 0 saturated carbocycles. The molecule has 1 aromatic rings. The third-order valence-electron chi connectivity index (χ3n) is 3.90. The number of nitrogens with one attached hydrogen (secondary N) is 1. The Morgan fingerprint density at radius 2 is 2.07 bits per heavy atom. The van der Waals surface area contributed by atoms with E-state index in [-0.39, 0.29) is 22.8 Å². The van der Waals surface area contributed by atoms with Gasteiger partial charge in [0.15, 0.2) is 9.84 Å². The number of hydrazone groups is 1. The first-order valence-electron chi connectivity index (χ1n) is 8.35. The standard InChI is InChI=1S/C16H25N3O6S2/c1-11(2)18-19(13-7-8-26(21,22)10-13)27(23,24)14-5-6-16(25-4)15(9-14)17-12(3)20/h5-6,9,12-13,17,20H,7-8,10H2,1-4H3/t12-,13+/m1/s1. The van der Waals surface area contributed by atoms with E-state index in [1.165, 1.54) is 32.2 Å². The highest BCUT2D eigenvalue weighted by Gasteiger charge is 2.38. The van der Waals surface area contributed by atoms with Crippen molar-refractivity contribution in [3.63, 3.8) is 0 Å². The SMILES string of the molecule is COc1ccc(S(=O)(=O)N(N=C(C)C)[C@H]2CCS(=O)(=O)C2)cc1N[C@@H](C)O. The molecule has 1 fully saturated rings. The second kappa shape index (κ2) is 8.03. The summed E-state index contributed by atoms with van der Waals surface area (Å²) in [6.07, 6.45) is -0.739. The number of ether oxygens (including phenoxy) is 1. The summed E-state index contributed by atoms with van der Waals surface area (Å²) < 4.78 is 56.1. The van der Waals surface area contributed by atoms with Gasteiger partial charge in [0.1, 0.15) is 12.0 Å². The van der Waals surface area contributed by atoms with Crippen LogP contribution < -0.4 is 10.1 Å². The van der Waals surface area contributed by atoms with Crippen LogP contribution in [0.5, 0.6) is 5.75 Å². The van der Waals surface area contributed by atoms with Crippen molar-refractivity contribution >= 4 is 31.3 Å². The minimum Gasteiger partial charge on any atom is -0.495 e. The number of sulfonamides is 1. The van der Waals surface area contributed by atoms with Crippen LogP contribution in [0.1, 0.15) is 27.2 Å². The lowest BCUT2D eigenvalue weighted by atomic mass is 10.3. The van der Waals surface area contributed by atoms with Gasteiger partial charge < -0.3 is 15.2 Å². The summed E-state index contributed by atoms with van der Waals surface area (Å²) in [6.45, 7) is 4.77. The van der Waals surface area contributed by atoms with Gasteiger partial charge in [-0.3, -0.25) is 0 Å². The maximum atomic E-state index is 13.2. The van der Waals surface area contributed by atoms with Crippen molar-refractivity contribution in [2.75, 3.05) is 23.9 Å². The number of aliphatic hydroxyl groups excluding tert-OH is 1. The van der Waals surface area contributed by atoms with Gasteiger partial charge in [-0.25, -0.2) is 8.42 Å². The number of methoxy groups -OCH3 is 1. The average molecular weight is 420 g/mol. The Bertz CT molecular complexity index is 921. The second-order valence-electron chi connectivity index (χ2n) is 6.56. The molecule has 2 rings (SSSR count). The van der Waals surface area contributed by atoms with Crippen molar-refractivity contribution in [2.24, 2.45) is 5.10 Å². The fraction of sp³-hybridized carbons (Fsp3) is 0.562. The number of aliphatic hydroxyl groups is 1. The van der Waals surface area contributed by atoms with Gasteiger partial charge in [0.2, 0.25) is 0 Å². The molecule has 1 aliphatic rings. The predicted octanol–water partition coefficient (Wildman–Crippen LogP) is 1.02. The first-order chi connectivity index (χ1) is 12.5. The summed E-state index contributed by atoms with van der Waals surface area (Å²) >= 11 is 0. The number of sulfone groups is 1. The molecule has 0 amide bonds. The molecule has 0 unspecified atom stereocenters. The lowest BCUT2D eigenvalue weighted by molar-refractivity contribution is 0.223. The van der Waals surface area contributed by atoms with Crippen molar-refractivity contribution in [1.82, 2.24) is 4.41 Å². The smallest absolute Gasteiger partial charge is 0.279 e. The van der Waals surface area contributed by atoms with Crippen LogP contribution in [0.3, 0.4) is 0 Å². The van der Waals surface area contributed by atoms with Crippen molar-refractivity contribution in [2.45, 2.75) is 44.4 Å². The summed E-state index contributed by atoms with van der Waals surface area (Å²) in [7, 11) is -5.98. The molecule has 2 atom stereocenters. The van der Waals surface area contributed by atoms with Crippen LogP contribution in [0, 0.1) is 0 Å². The number of anilines is 1. The quantitative estimate of drug-likeness (QED) is 0.384. The molecule has 27 heavy (non-hydrogen) atoms. The minimum absolute atomic E-state index is 0.0700. The molecule has 1 heterocycles. The lowest BCUT2D eigenvalue weighted by Gasteiger charge is -2.25. The molecule has 0 radical (unpaired) electrons. The van der Waals surface area contributed by atoms with E-state index in [9.17, 15) is 21.9 Å². The largest absolute Gasteiger partial charge is 0.495 e. The zero-order valence-electron chi connectivity index (χ0n) is 15.7. The van der Waals surface area contributed by atoms with Crippen molar-refractivity contribution in [3.05, 3.63) is 18.2 Å². The average Bonchev–Trinajstić information content (AvgIpc) is 2.91. The third kappa shape index (κ3) is 5.11. The van der Waals surface area contributed by atoms with Gasteiger partial charge in [-0.2, -0.15) is 17.9 Å². The lowest BCUT2D eigenvalue weighted by Crippen LogP contribution is -2.37. The van der Waals surface area contributed by atoms with Crippen molar-refractivity contribution in [3.8, 4) is 5.75 Å². The molecule has 2 N–H and O–H groups in total. The van der Waals surface area contributed by atoms with Crippen LogP contribution in [0.4, 0.5) is 5.69 Å². The Balaban J connectivity index is 2.51. The molecule has 1 aromatic carbocycles. The summed E-state index contributed by atoms with van der Waals surface area (Å²) in [5, 5.41) is 16.4. The van der Waals surface area contributed by atoms with Crippen LogP contribution in [0.25, 0.3) is 0 Å². The Morgan fingerprint density at radius 1 is 1.41 bits per heavy atom. The highest BCUT2D eigenvalue weighted by atomic mass is 32.2. The molecule has 1 saturated heterocycles. The highest BCUT2D eigenvalue weighted by Crippen LogP contribution is 2.31. The molecule has 0 aliphatic carbocycles. The summed E-state index contributed by atoms with van der Waals surface area (Å²) in [4.78, 5) is -0.0826. The molecule has 1 aliphatic heterocycles. The first kappa shape index (κ1) is 21.5. The number of nitrogens with zero attached hydrogens (tertiary/aromatic N) is 2. The number of hydrogen-bond donors (Lipinski definition) is 2. The zero-order chi connectivity index (χ0) is 20.4. The van der Waals surface area contributed by atoms with Gasteiger partial charge in [0.05, 0.1) is 35.2 Å².